The number of carbonyl (C=O) groups is 2. The Morgan fingerprint density at radius 2 is 1.77 bits per heavy atom. The molecule has 0 saturated carbocycles. The molecule has 1 unspecified atom stereocenters. The Kier molecular flexibility index (Phi) is 7.67. The molecule has 6 nitrogen and oxygen atoms in total. The molecular formula is C28H28N2O4S. The topological polar surface area (TPSA) is 71.8 Å². The molecule has 0 spiro atoms. The third kappa shape index (κ3) is 6.00. The Hall–Kier alpha value is -3.84. The average Bonchev–Trinajstić information content (AvgIpc) is 3.55. The van der Waals surface area contributed by atoms with E-state index in [1.165, 1.54) is 17.6 Å². The minimum absolute atomic E-state index is 0.182. The highest BCUT2D eigenvalue weighted by Gasteiger charge is 2.35. The van der Waals surface area contributed by atoms with Crippen LogP contribution in [0.4, 0.5) is 5.69 Å². The molecule has 1 N–H and O–H groups in total. The number of anilines is 1. The highest BCUT2D eigenvalue weighted by atomic mass is 32.1. The number of furan rings is 1. The van der Waals surface area contributed by atoms with Crippen molar-refractivity contribution >= 4 is 28.8 Å². The number of carbonyl (C=O) groups excluding carboxylic acids is 2. The zero-order valence-corrected chi connectivity index (χ0v) is 20.8. The highest BCUT2D eigenvalue weighted by Crippen LogP contribution is 2.31. The lowest BCUT2D eigenvalue weighted by molar-refractivity contribution is -0.127. The van der Waals surface area contributed by atoms with Crippen molar-refractivity contribution < 1.29 is 18.7 Å². The van der Waals surface area contributed by atoms with Gasteiger partial charge in [-0.1, -0.05) is 24.3 Å². The van der Waals surface area contributed by atoms with Crippen LogP contribution >= 0.6 is 11.3 Å². The first-order chi connectivity index (χ1) is 16.9. The van der Waals surface area contributed by atoms with Gasteiger partial charge in [0, 0.05) is 17.1 Å². The van der Waals surface area contributed by atoms with Crippen molar-refractivity contribution in [2.45, 2.75) is 32.9 Å². The fourth-order valence-corrected chi connectivity index (χ4v) is 4.72. The molecule has 2 aromatic heterocycles. The van der Waals surface area contributed by atoms with Gasteiger partial charge in [-0.25, -0.2) is 0 Å². The number of hydrogen-bond acceptors (Lipinski definition) is 5. The zero-order chi connectivity index (χ0) is 24.8. The van der Waals surface area contributed by atoms with E-state index in [2.05, 4.69) is 5.32 Å². The summed E-state index contributed by atoms with van der Waals surface area (Å²) in [6, 6.07) is 19.7. The van der Waals surface area contributed by atoms with E-state index < -0.39 is 6.04 Å². The number of benzene rings is 2. The van der Waals surface area contributed by atoms with Crippen LogP contribution in [0.2, 0.25) is 0 Å². The molecule has 0 saturated heterocycles. The van der Waals surface area contributed by atoms with E-state index in [0.717, 1.165) is 27.3 Å². The van der Waals surface area contributed by atoms with Crippen LogP contribution in [0.3, 0.4) is 0 Å². The van der Waals surface area contributed by atoms with Gasteiger partial charge in [0.1, 0.15) is 11.5 Å². The Balaban J connectivity index is 1.68. The molecule has 2 amide bonds. The number of hydrogen-bond donors (Lipinski definition) is 1. The summed E-state index contributed by atoms with van der Waals surface area (Å²) >= 11 is 1.52. The lowest BCUT2D eigenvalue weighted by Gasteiger charge is -2.30. The Bertz CT molecular complexity index is 1240. The molecule has 0 aliphatic rings. The third-order valence-electron chi connectivity index (χ3n) is 5.60. The van der Waals surface area contributed by atoms with Gasteiger partial charge in [-0.15, -0.1) is 11.3 Å². The quantitative estimate of drug-likeness (QED) is 0.333. The molecule has 0 fully saturated rings. The predicted molar refractivity (Wildman–Crippen MR) is 138 cm³/mol. The normalized spacial score (nSPS) is 11.6. The number of nitrogens with zero attached hydrogens (tertiary/aromatic N) is 1. The van der Waals surface area contributed by atoms with Crippen molar-refractivity contribution in [3.8, 4) is 5.75 Å². The first-order valence-corrected chi connectivity index (χ1v) is 12.2. The fraction of sp³-hybridized carbons (Fsp3) is 0.214. The van der Waals surface area contributed by atoms with Gasteiger partial charge in [0.05, 0.1) is 19.8 Å². The van der Waals surface area contributed by atoms with Crippen molar-refractivity contribution in [1.29, 1.82) is 0 Å². The Morgan fingerprint density at radius 1 is 1.03 bits per heavy atom. The minimum Gasteiger partial charge on any atom is -0.497 e. The summed E-state index contributed by atoms with van der Waals surface area (Å²) in [7, 11) is 1.61. The highest BCUT2D eigenvalue weighted by molar-refractivity contribution is 7.10. The summed E-state index contributed by atoms with van der Waals surface area (Å²) in [5, 5.41) is 4.93. The summed E-state index contributed by atoms with van der Waals surface area (Å²) in [6.07, 6.45) is 1.70. The summed E-state index contributed by atoms with van der Waals surface area (Å²) in [6.45, 7) is 4.26. The number of aryl methyl sites for hydroxylation is 2. The van der Waals surface area contributed by atoms with Crippen LogP contribution in [-0.4, -0.2) is 18.9 Å². The van der Waals surface area contributed by atoms with E-state index in [-0.39, 0.29) is 18.2 Å². The van der Waals surface area contributed by atoms with Crippen LogP contribution in [0.1, 0.15) is 33.4 Å². The van der Waals surface area contributed by atoms with E-state index in [1.807, 2.05) is 73.8 Å². The fourth-order valence-electron chi connectivity index (χ4n) is 4.02. The van der Waals surface area contributed by atoms with Gasteiger partial charge in [0.25, 0.3) is 5.91 Å². The van der Waals surface area contributed by atoms with Crippen molar-refractivity contribution in [2.24, 2.45) is 0 Å². The van der Waals surface area contributed by atoms with Crippen molar-refractivity contribution in [1.82, 2.24) is 5.32 Å². The molecule has 0 radical (unpaired) electrons. The second kappa shape index (κ2) is 11.1. The summed E-state index contributed by atoms with van der Waals surface area (Å²) in [5.41, 5.74) is 3.58. The molecule has 2 heterocycles. The molecule has 35 heavy (non-hydrogen) atoms. The van der Waals surface area contributed by atoms with Gasteiger partial charge in [0.15, 0.2) is 6.04 Å². The lowest BCUT2D eigenvalue weighted by Crippen LogP contribution is -2.44. The first kappa shape index (κ1) is 24.3. The van der Waals surface area contributed by atoms with Crippen LogP contribution in [0.25, 0.3) is 0 Å². The van der Waals surface area contributed by atoms with E-state index in [0.29, 0.717) is 18.0 Å². The van der Waals surface area contributed by atoms with Crippen molar-refractivity contribution in [2.75, 3.05) is 12.0 Å². The van der Waals surface area contributed by atoms with Gasteiger partial charge in [-0.2, -0.15) is 0 Å². The molecule has 1 atom stereocenters. The minimum atomic E-state index is -0.961. The number of amides is 2. The summed E-state index contributed by atoms with van der Waals surface area (Å²) in [4.78, 5) is 29.8. The first-order valence-electron chi connectivity index (χ1n) is 11.3. The second-order valence-electron chi connectivity index (χ2n) is 8.35. The Labute approximate surface area is 209 Å². The molecular weight excluding hydrogens is 460 g/mol. The Morgan fingerprint density at radius 3 is 2.37 bits per heavy atom. The van der Waals surface area contributed by atoms with E-state index in [1.54, 1.807) is 24.1 Å². The average molecular weight is 489 g/mol. The van der Waals surface area contributed by atoms with Gasteiger partial charge in [-0.05, 0) is 78.4 Å². The predicted octanol–water partition coefficient (Wildman–Crippen LogP) is 5.60. The molecule has 7 heteroatoms. The summed E-state index contributed by atoms with van der Waals surface area (Å²) < 4.78 is 10.9. The van der Waals surface area contributed by atoms with Gasteiger partial charge in [0.2, 0.25) is 5.91 Å². The van der Waals surface area contributed by atoms with E-state index in [4.69, 9.17) is 9.15 Å². The van der Waals surface area contributed by atoms with Crippen molar-refractivity contribution in [3.63, 3.8) is 0 Å². The maximum Gasteiger partial charge on any atom is 0.251 e. The maximum atomic E-state index is 13.7. The second-order valence-corrected chi connectivity index (χ2v) is 9.38. The number of methoxy groups -OCH3 is 1. The maximum absolute atomic E-state index is 13.7. The smallest absolute Gasteiger partial charge is 0.251 e. The summed E-state index contributed by atoms with van der Waals surface area (Å²) in [5.74, 6) is 0.637. The van der Waals surface area contributed by atoms with Crippen LogP contribution in [0.15, 0.2) is 82.8 Å². The number of nitrogens with one attached hydrogen (secondary N) is 1. The molecule has 4 aromatic rings. The molecule has 0 aliphatic carbocycles. The molecule has 0 bridgehead atoms. The molecule has 180 valence electrons. The standard InChI is InChI=1S/C28H28N2O4S/c1-19-14-20(2)16-22(15-19)30(26(31)17-24-6-5-13-35-24)27(25-7-4-12-34-25)28(32)29-18-21-8-10-23(33-3)11-9-21/h4-16,27H,17-18H2,1-3H3,(H,29,32). The third-order valence-corrected chi connectivity index (χ3v) is 6.48. The van der Waals surface area contributed by atoms with Gasteiger partial charge in [-0.3, -0.25) is 14.5 Å². The SMILES string of the molecule is COc1ccc(CNC(=O)C(c2ccco2)N(C(=O)Cc2cccs2)c2cc(C)cc(C)c2)cc1. The van der Waals surface area contributed by atoms with Gasteiger partial charge >= 0.3 is 0 Å². The van der Waals surface area contributed by atoms with Crippen LogP contribution in [-0.2, 0) is 22.6 Å². The zero-order valence-electron chi connectivity index (χ0n) is 20.0. The molecule has 4 rings (SSSR count). The van der Waals surface area contributed by atoms with Crippen LogP contribution in [0, 0.1) is 13.8 Å². The number of thiophene rings is 1. The van der Waals surface area contributed by atoms with E-state index in [9.17, 15) is 9.59 Å². The largest absolute Gasteiger partial charge is 0.497 e. The molecule has 0 aliphatic heterocycles. The number of ether oxygens (including phenoxy) is 1. The monoisotopic (exact) mass is 488 g/mol. The van der Waals surface area contributed by atoms with Crippen molar-refractivity contribution in [3.05, 3.63) is 106 Å². The lowest BCUT2D eigenvalue weighted by atomic mass is 10.1. The number of rotatable bonds is 9. The van der Waals surface area contributed by atoms with Gasteiger partial charge < -0.3 is 14.5 Å². The van der Waals surface area contributed by atoms with Crippen LogP contribution < -0.4 is 15.0 Å². The van der Waals surface area contributed by atoms with E-state index >= 15 is 0 Å². The molecule has 2 aromatic carbocycles. The van der Waals surface area contributed by atoms with Crippen LogP contribution in [0.5, 0.6) is 5.75 Å².